The zero-order chi connectivity index (χ0) is 30.3. The van der Waals surface area contributed by atoms with Gasteiger partial charge in [-0.2, -0.15) is 5.26 Å². The lowest BCUT2D eigenvalue weighted by molar-refractivity contribution is -0.121. The zero-order valence-electron chi connectivity index (χ0n) is 24.9. The van der Waals surface area contributed by atoms with Gasteiger partial charge in [-0.1, -0.05) is 24.3 Å². The SMILES string of the molecule is CC(C)Oc1ccc(C(=O)N[C@H](CNC(=O)CN(C)C)Cc2ccc(-c3cn(C)c(C(C)(C)O)n3)cc2)cc1C#N. The molecule has 218 valence electrons. The summed E-state index contributed by atoms with van der Waals surface area (Å²) in [6.07, 6.45) is 2.23. The van der Waals surface area contributed by atoms with Crippen LogP contribution in [0.3, 0.4) is 0 Å². The van der Waals surface area contributed by atoms with Crippen LogP contribution in [0, 0.1) is 11.3 Å². The van der Waals surface area contributed by atoms with E-state index in [1.54, 1.807) is 30.9 Å². The lowest BCUT2D eigenvalue weighted by atomic mass is 10.0. The molecule has 0 aliphatic carbocycles. The van der Waals surface area contributed by atoms with E-state index >= 15 is 0 Å². The zero-order valence-corrected chi connectivity index (χ0v) is 24.9. The highest BCUT2D eigenvalue weighted by molar-refractivity contribution is 5.95. The van der Waals surface area contributed by atoms with Gasteiger partial charge < -0.3 is 29.9 Å². The lowest BCUT2D eigenvalue weighted by Crippen LogP contribution is -2.46. The fourth-order valence-electron chi connectivity index (χ4n) is 4.41. The third-order valence-corrected chi connectivity index (χ3v) is 6.22. The molecule has 10 heteroatoms. The normalized spacial score (nSPS) is 12.2. The van der Waals surface area contributed by atoms with Crippen molar-refractivity contribution in [3.8, 4) is 23.1 Å². The highest BCUT2D eigenvalue weighted by Crippen LogP contribution is 2.25. The molecule has 0 bridgehead atoms. The second kappa shape index (κ2) is 13.4. The molecule has 0 unspecified atom stereocenters. The summed E-state index contributed by atoms with van der Waals surface area (Å²) in [6, 6.07) is 14.3. The van der Waals surface area contributed by atoms with E-state index in [0.717, 1.165) is 16.8 Å². The lowest BCUT2D eigenvalue weighted by Gasteiger charge is -2.21. The van der Waals surface area contributed by atoms with Gasteiger partial charge in [-0.15, -0.1) is 0 Å². The number of carbonyl (C=O) groups is 2. The molecule has 0 spiro atoms. The maximum Gasteiger partial charge on any atom is 0.251 e. The topological polar surface area (TPSA) is 133 Å². The number of aromatic nitrogens is 2. The molecule has 41 heavy (non-hydrogen) atoms. The molecule has 1 heterocycles. The average molecular weight is 561 g/mol. The van der Waals surface area contributed by atoms with Crippen molar-refractivity contribution in [1.82, 2.24) is 25.1 Å². The van der Waals surface area contributed by atoms with Crippen LogP contribution in [0.1, 0.15) is 55.0 Å². The summed E-state index contributed by atoms with van der Waals surface area (Å²) in [6.45, 7) is 7.59. The highest BCUT2D eigenvalue weighted by Gasteiger charge is 2.23. The van der Waals surface area contributed by atoms with Gasteiger partial charge in [0.25, 0.3) is 5.91 Å². The van der Waals surface area contributed by atoms with Crippen LogP contribution in [-0.2, 0) is 23.9 Å². The van der Waals surface area contributed by atoms with Crippen molar-refractivity contribution in [3.05, 3.63) is 71.2 Å². The number of carbonyl (C=O) groups excluding carboxylic acids is 2. The van der Waals surface area contributed by atoms with Gasteiger partial charge in [0.1, 0.15) is 23.2 Å². The monoisotopic (exact) mass is 560 g/mol. The minimum Gasteiger partial charge on any atom is -0.490 e. The van der Waals surface area contributed by atoms with Gasteiger partial charge in [0, 0.05) is 30.9 Å². The number of nitrogens with zero attached hydrogens (tertiary/aromatic N) is 4. The number of benzene rings is 2. The van der Waals surface area contributed by atoms with Gasteiger partial charge in [-0.3, -0.25) is 9.59 Å². The largest absolute Gasteiger partial charge is 0.490 e. The van der Waals surface area contributed by atoms with Gasteiger partial charge in [-0.05, 0) is 72.0 Å². The van der Waals surface area contributed by atoms with Crippen molar-refractivity contribution in [2.45, 2.75) is 51.9 Å². The average Bonchev–Trinajstić information content (AvgIpc) is 3.29. The third kappa shape index (κ3) is 8.90. The number of ether oxygens (including phenoxy) is 1. The first-order valence-corrected chi connectivity index (χ1v) is 13.6. The van der Waals surface area contributed by atoms with E-state index in [-0.39, 0.29) is 36.6 Å². The van der Waals surface area contributed by atoms with Crippen LogP contribution in [0.5, 0.6) is 5.75 Å². The predicted molar refractivity (Wildman–Crippen MR) is 157 cm³/mol. The first-order valence-electron chi connectivity index (χ1n) is 13.6. The second-order valence-corrected chi connectivity index (χ2v) is 11.2. The van der Waals surface area contributed by atoms with Crippen molar-refractivity contribution >= 4 is 11.8 Å². The minimum atomic E-state index is -1.06. The Morgan fingerprint density at radius 1 is 1.17 bits per heavy atom. The molecular weight excluding hydrogens is 520 g/mol. The predicted octanol–water partition coefficient (Wildman–Crippen LogP) is 2.99. The molecule has 2 amide bonds. The van der Waals surface area contributed by atoms with E-state index in [4.69, 9.17) is 4.74 Å². The quantitative estimate of drug-likeness (QED) is 0.310. The molecule has 3 aromatic rings. The molecule has 0 aliphatic rings. The molecule has 2 aromatic carbocycles. The summed E-state index contributed by atoms with van der Waals surface area (Å²) in [5, 5.41) is 25.8. The molecule has 0 radical (unpaired) electrons. The Morgan fingerprint density at radius 3 is 2.41 bits per heavy atom. The Labute approximate surface area is 242 Å². The Morgan fingerprint density at radius 2 is 1.85 bits per heavy atom. The number of rotatable bonds is 12. The highest BCUT2D eigenvalue weighted by atomic mass is 16.5. The second-order valence-electron chi connectivity index (χ2n) is 11.2. The number of imidazole rings is 1. The van der Waals surface area contributed by atoms with Gasteiger partial charge in [-0.25, -0.2) is 4.98 Å². The van der Waals surface area contributed by atoms with Gasteiger partial charge in [0.2, 0.25) is 5.91 Å². The number of nitrogens with one attached hydrogen (secondary N) is 2. The summed E-state index contributed by atoms with van der Waals surface area (Å²) in [4.78, 5) is 31.9. The molecule has 1 aromatic heterocycles. The summed E-state index contributed by atoms with van der Waals surface area (Å²) in [5.41, 5.74) is 2.14. The standard InChI is InChI=1S/C31H40N6O4/c1-20(2)41-27-13-12-23(15-24(27)16-32)29(39)34-25(17-33-28(38)19-36(5)6)14-21-8-10-22(11-9-21)26-18-37(7)30(35-26)31(3,4)40/h8-13,15,18,20,25,40H,14,17,19H2,1-7H3,(H,33,38)(H,34,39)/t25-/m0/s1. The maximum atomic E-state index is 13.2. The number of aliphatic hydroxyl groups is 1. The number of amides is 2. The fourth-order valence-corrected chi connectivity index (χ4v) is 4.41. The van der Waals surface area contributed by atoms with Crippen molar-refractivity contribution in [3.63, 3.8) is 0 Å². The van der Waals surface area contributed by atoms with Crippen LogP contribution >= 0.6 is 0 Å². The van der Waals surface area contributed by atoms with Crippen LogP contribution in [0.2, 0.25) is 0 Å². The molecule has 10 nitrogen and oxygen atoms in total. The van der Waals surface area contributed by atoms with E-state index in [9.17, 15) is 20.0 Å². The minimum absolute atomic E-state index is 0.107. The molecule has 0 saturated carbocycles. The van der Waals surface area contributed by atoms with Crippen molar-refractivity contribution in [2.75, 3.05) is 27.2 Å². The number of hydrogen-bond acceptors (Lipinski definition) is 7. The van der Waals surface area contributed by atoms with Gasteiger partial charge in [0.05, 0.1) is 29.9 Å². The van der Waals surface area contributed by atoms with E-state index in [1.165, 1.54) is 6.07 Å². The fraction of sp³-hybridized carbons (Fsp3) is 0.419. The third-order valence-electron chi connectivity index (χ3n) is 6.22. The van der Waals surface area contributed by atoms with Crippen LogP contribution in [0.15, 0.2) is 48.7 Å². The van der Waals surface area contributed by atoms with E-state index < -0.39 is 11.6 Å². The summed E-state index contributed by atoms with van der Waals surface area (Å²) in [5.74, 6) is 0.489. The molecule has 0 fully saturated rings. The van der Waals surface area contributed by atoms with Crippen LogP contribution in [0.4, 0.5) is 0 Å². The Bertz CT molecular complexity index is 1400. The first kappa shape index (κ1) is 31.3. The van der Waals surface area contributed by atoms with Crippen molar-refractivity contribution in [1.29, 1.82) is 5.26 Å². The molecule has 3 rings (SSSR count). The number of nitriles is 1. The smallest absolute Gasteiger partial charge is 0.251 e. The summed E-state index contributed by atoms with van der Waals surface area (Å²) >= 11 is 0. The van der Waals surface area contributed by atoms with Crippen molar-refractivity contribution in [2.24, 2.45) is 7.05 Å². The Balaban J connectivity index is 1.79. The molecule has 0 saturated heterocycles. The van der Waals surface area contributed by atoms with Crippen molar-refractivity contribution < 1.29 is 19.4 Å². The molecular formula is C31H40N6O4. The van der Waals surface area contributed by atoms with Crippen LogP contribution in [-0.4, -0.2) is 70.7 Å². The van der Waals surface area contributed by atoms with E-state index in [1.807, 2.05) is 70.0 Å². The van der Waals surface area contributed by atoms with Gasteiger partial charge >= 0.3 is 0 Å². The molecule has 1 atom stereocenters. The summed E-state index contributed by atoms with van der Waals surface area (Å²) < 4.78 is 7.48. The maximum absolute atomic E-state index is 13.2. The number of aryl methyl sites for hydroxylation is 1. The van der Waals surface area contributed by atoms with E-state index in [0.29, 0.717) is 23.6 Å². The first-order chi connectivity index (χ1) is 19.3. The number of hydrogen-bond donors (Lipinski definition) is 3. The Hall–Kier alpha value is -4.20. The summed E-state index contributed by atoms with van der Waals surface area (Å²) in [7, 11) is 5.47. The van der Waals surface area contributed by atoms with Crippen LogP contribution < -0.4 is 15.4 Å². The van der Waals surface area contributed by atoms with E-state index in [2.05, 4.69) is 21.7 Å². The molecule has 3 N–H and O–H groups in total. The Kier molecular flexibility index (Phi) is 10.3. The molecule has 0 aliphatic heterocycles. The van der Waals surface area contributed by atoms with Gasteiger partial charge in [0.15, 0.2) is 0 Å². The van der Waals surface area contributed by atoms with Crippen LogP contribution in [0.25, 0.3) is 11.3 Å². The number of likely N-dealkylation sites (N-methyl/N-ethyl adjacent to an activating group) is 1.